The smallest absolute Gasteiger partial charge is 0.103 e. The van der Waals surface area contributed by atoms with Gasteiger partial charge in [-0.25, -0.2) is 0 Å². The van der Waals surface area contributed by atoms with Gasteiger partial charge in [-0.3, -0.25) is 0 Å². The number of hydrogen-bond donors (Lipinski definition) is 1. The van der Waals surface area contributed by atoms with Crippen LogP contribution in [0.15, 0.2) is 30.3 Å². The third kappa shape index (κ3) is 3.56. The fourth-order valence-electron chi connectivity index (χ4n) is 2.86. The van der Waals surface area contributed by atoms with Crippen molar-refractivity contribution in [1.29, 1.82) is 0 Å². The van der Waals surface area contributed by atoms with Crippen LogP contribution in [0.4, 0.5) is 0 Å². The highest BCUT2D eigenvalue weighted by Crippen LogP contribution is 2.27. The predicted molar refractivity (Wildman–Crippen MR) is 68.5 cm³/mol. The second kappa shape index (κ2) is 6.01. The summed E-state index contributed by atoms with van der Waals surface area (Å²) in [5.74, 6) is 0. The molecule has 1 heterocycles. The van der Waals surface area contributed by atoms with E-state index < -0.39 is 0 Å². The zero-order valence-corrected chi connectivity index (χ0v) is 12.8. The molecule has 2 heteroatoms. The summed E-state index contributed by atoms with van der Waals surface area (Å²) in [5.41, 5.74) is 1.98. The predicted octanol–water partition coefficient (Wildman–Crippen LogP) is -0.716. The van der Waals surface area contributed by atoms with E-state index in [2.05, 4.69) is 51.1 Å². The van der Waals surface area contributed by atoms with Crippen LogP contribution in [0.3, 0.4) is 0 Å². The number of rotatable bonds is 2. The summed E-state index contributed by atoms with van der Waals surface area (Å²) in [6.07, 6.45) is 2.76. The molecule has 0 aromatic heterocycles. The summed E-state index contributed by atoms with van der Waals surface area (Å²) in [6.45, 7) is 9.77. The summed E-state index contributed by atoms with van der Waals surface area (Å²) in [6, 6.07) is 11.7. The van der Waals surface area contributed by atoms with Crippen molar-refractivity contribution >= 4 is 0 Å². The van der Waals surface area contributed by atoms with Crippen molar-refractivity contribution in [2.45, 2.75) is 46.2 Å². The van der Waals surface area contributed by atoms with Crippen LogP contribution in [0.2, 0.25) is 0 Å². The first-order valence-electron chi connectivity index (χ1n) is 6.48. The average Bonchev–Trinajstić information content (AvgIpc) is 2.26. The minimum Gasteiger partial charge on any atom is -1.00 e. The van der Waals surface area contributed by atoms with E-state index in [1.165, 1.54) is 31.5 Å². The molecule has 2 unspecified atom stereocenters. The van der Waals surface area contributed by atoms with Crippen LogP contribution in [0.1, 0.15) is 39.2 Å². The van der Waals surface area contributed by atoms with E-state index in [1.54, 1.807) is 4.90 Å². The van der Waals surface area contributed by atoms with Gasteiger partial charge in [0.15, 0.2) is 0 Å². The maximum atomic E-state index is 2.42. The molecule has 1 saturated heterocycles. The van der Waals surface area contributed by atoms with Gasteiger partial charge in [-0.05, 0) is 19.8 Å². The molecule has 0 amide bonds. The topological polar surface area (TPSA) is 4.44 Å². The molecule has 1 N–H and O–H groups in total. The number of piperidine rings is 1. The number of benzene rings is 1. The summed E-state index contributed by atoms with van der Waals surface area (Å²) in [4.78, 5) is 1.75. The van der Waals surface area contributed by atoms with Crippen LogP contribution in [0.25, 0.3) is 0 Å². The molecule has 2 rings (SSSR count). The van der Waals surface area contributed by atoms with E-state index in [9.17, 15) is 0 Å². The number of likely N-dealkylation sites (tertiary alicyclic amines) is 1. The lowest BCUT2D eigenvalue weighted by Crippen LogP contribution is -3.16. The van der Waals surface area contributed by atoms with Crippen LogP contribution < -0.4 is 21.9 Å². The van der Waals surface area contributed by atoms with Crippen molar-refractivity contribution in [2.24, 2.45) is 5.41 Å². The highest BCUT2D eigenvalue weighted by molar-refractivity contribution is 5.13. The van der Waals surface area contributed by atoms with Gasteiger partial charge in [-0.15, -0.1) is 0 Å². The van der Waals surface area contributed by atoms with Gasteiger partial charge < -0.3 is 21.9 Å². The van der Waals surface area contributed by atoms with Crippen molar-refractivity contribution in [2.75, 3.05) is 6.54 Å². The normalized spacial score (nSPS) is 27.2. The Hall–Kier alpha value is -0.340. The van der Waals surface area contributed by atoms with Gasteiger partial charge in [0.25, 0.3) is 0 Å². The van der Waals surface area contributed by atoms with Crippen molar-refractivity contribution in [3.63, 3.8) is 0 Å². The molecule has 0 spiro atoms. The third-order valence-corrected chi connectivity index (χ3v) is 4.38. The molecule has 17 heavy (non-hydrogen) atoms. The van der Waals surface area contributed by atoms with Crippen LogP contribution in [0, 0.1) is 5.41 Å². The molecule has 0 radical (unpaired) electrons. The van der Waals surface area contributed by atoms with Crippen molar-refractivity contribution in [3.8, 4) is 0 Å². The lowest BCUT2D eigenvalue weighted by Gasteiger charge is -2.41. The summed E-state index contributed by atoms with van der Waals surface area (Å²) >= 11 is 0. The quantitative estimate of drug-likeness (QED) is 0.735. The summed E-state index contributed by atoms with van der Waals surface area (Å²) < 4.78 is 0. The molecule has 0 bridgehead atoms. The molecule has 1 aromatic carbocycles. The number of hydrogen-bond acceptors (Lipinski definition) is 0. The Balaban J connectivity index is 0.00000144. The fraction of sp³-hybridized carbons (Fsp3) is 0.600. The zero-order chi connectivity index (χ0) is 11.6. The van der Waals surface area contributed by atoms with Crippen molar-refractivity contribution < 1.29 is 21.9 Å². The van der Waals surface area contributed by atoms with E-state index in [0.717, 1.165) is 6.04 Å². The van der Waals surface area contributed by atoms with E-state index >= 15 is 0 Å². The van der Waals surface area contributed by atoms with Gasteiger partial charge in [0.1, 0.15) is 6.54 Å². The maximum Gasteiger partial charge on any atom is 0.103 e. The minimum atomic E-state index is 0. The molecule has 1 aliphatic heterocycles. The molecular weight excluding hydrogens is 274 g/mol. The van der Waals surface area contributed by atoms with Crippen LogP contribution in [0.5, 0.6) is 0 Å². The molecule has 0 aliphatic carbocycles. The average molecular weight is 298 g/mol. The first-order valence-corrected chi connectivity index (χ1v) is 6.48. The standard InChI is InChI=1S/C15H23N.BrH/c1-13-15(2,3)10-7-11-16(13)12-14-8-5-4-6-9-14;/h4-6,8-9,13H,7,10-12H2,1-3H3;1H. The lowest BCUT2D eigenvalue weighted by molar-refractivity contribution is -0.950. The van der Waals surface area contributed by atoms with E-state index in [-0.39, 0.29) is 17.0 Å². The molecule has 1 aliphatic rings. The Morgan fingerprint density at radius 1 is 1.24 bits per heavy atom. The SMILES string of the molecule is CC1[NH+](Cc2ccccc2)CCCC1(C)C.[Br-]. The summed E-state index contributed by atoms with van der Waals surface area (Å²) in [7, 11) is 0. The van der Waals surface area contributed by atoms with Gasteiger partial charge in [0.2, 0.25) is 0 Å². The second-order valence-corrected chi connectivity index (χ2v) is 5.88. The largest absolute Gasteiger partial charge is 1.00 e. The van der Waals surface area contributed by atoms with E-state index in [0.29, 0.717) is 5.41 Å². The first kappa shape index (κ1) is 14.7. The van der Waals surface area contributed by atoms with Gasteiger partial charge in [0, 0.05) is 11.0 Å². The zero-order valence-electron chi connectivity index (χ0n) is 11.2. The van der Waals surface area contributed by atoms with Crippen LogP contribution in [-0.4, -0.2) is 12.6 Å². The monoisotopic (exact) mass is 297 g/mol. The highest BCUT2D eigenvalue weighted by Gasteiger charge is 2.37. The minimum absolute atomic E-state index is 0. The Labute approximate surface area is 116 Å². The lowest BCUT2D eigenvalue weighted by atomic mass is 9.77. The van der Waals surface area contributed by atoms with E-state index in [4.69, 9.17) is 0 Å². The first-order chi connectivity index (χ1) is 7.59. The molecular formula is C15H24BrN. The molecule has 1 fully saturated rings. The van der Waals surface area contributed by atoms with Crippen LogP contribution >= 0.6 is 0 Å². The Morgan fingerprint density at radius 2 is 1.88 bits per heavy atom. The van der Waals surface area contributed by atoms with Crippen molar-refractivity contribution in [3.05, 3.63) is 35.9 Å². The van der Waals surface area contributed by atoms with Gasteiger partial charge in [-0.2, -0.15) is 0 Å². The molecule has 0 saturated carbocycles. The Bertz CT molecular complexity index is 334. The Morgan fingerprint density at radius 3 is 2.53 bits per heavy atom. The van der Waals surface area contributed by atoms with Crippen molar-refractivity contribution in [1.82, 2.24) is 0 Å². The maximum absolute atomic E-state index is 2.42. The number of quaternary nitrogens is 1. The highest BCUT2D eigenvalue weighted by atomic mass is 79.9. The van der Waals surface area contributed by atoms with Gasteiger partial charge in [-0.1, -0.05) is 44.2 Å². The molecule has 96 valence electrons. The number of nitrogens with one attached hydrogen (secondary N) is 1. The molecule has 2 atom stereocenters. The second-order valence-electron chi connectivity index (χ2n) is 5.88. The molecule has 1 nitrogen and oxygen atoms in total. The van der Waals surface area contributed by atoms with E-state index in [1.807, 2.05) is 0 Å². The fourth-order valence-corrected chi connectivity index (χ4v) is 2.86. The summed E-state index contributed by atoms with van der Waals surface area (Å²) in [5, 5.41) is 0. The number of halogens is 1. The van der Waals surface area contributed by atoms with Gasteiger partial charge >= 0.3 is 0 Å². The van der Waals surface area contributed by atoms with Crippen LogP contribution in [-0.2, 0) is 6.54 Å². The molecule has 1 aromatic rings. The Kier molecular flexibility index (Phi) is 5.21. The van der Waals surface area contributed by atoms with Gasteiger partial charge in [0.05, 0.1) is 12.6 Å². The third-order valence-electron chi connectivity index (χ3n) is 4.38.